The summed E-state index contributed by atoms with van der Waals surface area (Å²) in [6, 6.07) is 6.01. The zero-order valence-electron chi connectivity index (χ0n) is 11.6. The number of aryl methyl sites for hydroxylation is 1. The molecule has 1 heterocycles. The molecule has 1 aromatic rings. The van der Waals surface area contributed by atoms with E-state index in [1.54, 1.807) is 0 Å². The Labute approximate surface area is 109 Å². The monoisotopic (exact) mass is 246 g/mol. The van der Waals surface area contributed by atoms with Gasteiger partial charge in [0.25, 0.3) is 0 Å². The lowest BCUT2D eigenvalue weighted by Crippen LogP contribution is -2.34. The van der Waals surface area contributed by atoms with E-state index < -0.39 is 0 Å². The number of hydrogen-bond acceptors (Lipinski definition) is 2. The number of anilines is 1. The lowest BCUT2D eigenvalue weighted by molar-refractivity contribution is -0.117. The predicted molar refractivity (Wildman–Crippen MR) is 74.6 cm³/mol. The zero-order chi connectivity index (χ0) is 13.3. The van der Waals surface area contributed by atoms with Crippen molar-refractivity contribution in [2.24, 2.45) is 5.41 Å². The minimum absolute atomic E-state index is 0.0579. The van der Waals surface area contributed by atoms with Crippen LogP contribution in [0.5, 0.6) is 0 Å². The van der Waals surface area contributed by atoms with Crippen molar-refractivity contribution in [3.63, 3.8) is 0 Å². The van der Waals surface area contributed by atoms with Crippen LogP contribution >= 0.6 is 0 Å². The highest BCUT2D eigenvalue weighted by molar-refractivity contribution is 6.02. The Morgan fingerprint density at radius 1 is 1.33 bits per heavy atom. The molecule has 0 spiro atoms. The van der Waals surface area contributed by atoms with Gasteiger partial charge in [0.15, 0.2) is 0 Å². The van der Waals surface area contributed by atoms with Crippen LogP contribution in [-0.4, -0.2) is 12.5 Å². The summed E-state index contributed by atoms with van der Waals surface area (Å²) < 4.78 is 0. The Morgan fingerprint density at radius 3 is 2.67 bits per heavy atom. The fraction of sp³-hybridized carbons (Fsp3) is 0.533. The third-order valence-corrected chi connectivity index (χ3v) is 3.19. The first kappa shape index (κ1) is 13.1. The molecule has 0 radical (unpaired) electrons. The van der Waals surface area contributed by atoms with Gasteiger partial charge in [0.05, 0.1) is 0 Å². The second-order valence-electron chi connectivity index (χ2n) is 6.14. The quantitative estimate of drug-likeness (QED) is 0.861. The summed E-state index contributed by atoms with van der Waals surface area (Å²) in [6.45, 7) is 9.44. The van der Waals surface area contributed by atoms with Crippen LogP contribution in [0.2, 0.25) is 0 Å². The van der Waals surface area contributed by atoms with Gasteiger partial charge in [-0.1, -0.05) is 39.8 Å². The van der Waals surface area contributed by atoms with Gasteiger partial charge in [-0.3, -0.25) is 4.79 Å². The van der Waals surface area contributed by atoms with Crippen molar-refractivity contribution < 1.29 is 4.79 Å². The van der Waals surface area contributed by atoms with Gasteiger partial charge in [-0.05, 0) is 23.5 Å². The van der Waals surface area contributed by atoms with Crippen molar-refractivity contribution in [3.05, 3.63) is 29.3 Å². The average Bonchev–Trinajstić information content (AvgIpc) is 2.60. The van der Waals surface area contributed by atoms with Crippen molar-refractivity contribution >= 4 is 11.6 Å². The van der Waals surface area contributed by atoms with E-state index in [1.165, 1.54) is 5.56 Å². The van der Waals surface area contributed by atoms with Gasteiger partial charge < -0.3 is 10.6 Å². The molecule has 98 valence electrons. The molecular formula is C15H22N2O. The molecule has 1 atom stereocenters. The molecule has 0 aromatic heterocycles. The Balaban J connectivity index is 2.21. The van der Waals surface area contributed by atoms with E-state index in [9.17, 15) is 4.79 Å². The van der Waals surface area contributed by atoms with Crippen molar-refractivity contribution in [2.75, 3.05) is 11.9 Å². The third-order valence-electron chi connectivity index (χ3n) is 3.19. The van der Waals surface area contributed by atoms with E-state index in [-0.39, 0.29) is 17.4 Å². The molecule has 2 N–H and O–H groups in total. The van der Waals surface area contributed by atoms with E-state index in [4.69, 9.17) is 0 Å². The van der Waals surface area contributed by atoms with Crippen LogP contribution in [0.15, 0.2) is 18.2 Å². The molecule has 0 aliphatic carbocycles. The largest absolute Gasteiger partial charge is 0.324 e. The zero-order valence-corrected chi connectivity index (χ0v) is 11.6. The molecule has 1 aromatic carbocycles. The molecule has 2 rings (SSSR count). The van der Waals surface area contributed by atoms with E-state index in [1.807, 2.05) is 6.07 Å². The smallest absolute Gasteiger partial charge is 0.246 e. The Kier molecular flexibility index (Phi) is 3.44. The van der Waals surface area contributed by atoms with Crippen molar-refractivity contribution in [1.82, 2.24) is 5.32 Å². The van der Waals surface area contributed by atoms with Crippen molar-refractivity contribution in [1.29, 1.82) is 0 Å². The summed E-state index contributed by atoms with van der Waals surface area (Å²) in [5, 5.41) is 6.30. The maximum absolute atomic E-state index is 12.0. The van der Waals surface area contributed by atoms with Crippen LogP contribution in [0.4, 0.5) is 5.69 Å². The number of fused-ring (bicyclic) bond motifs is 1. The number of carbonyl (C=O) groups is 1. The number of hydrogen-bond donors (Lipinski definition) is 2. The first-order valence-electron chi connectivity index (χ1n) is 6.58. The molecule has 0 fully saturated rings. The van der Waals surface area contributed by atoms with E-state index in [0.29, 0.717) is 0 Å². The summed E-state index contributed by atoms with van der Waals surface area (Å²) in [5.74, 6) is 0.0579. The fourth-order valence-electron chi connectivity index (χ4n) is 2.14. The molecule has 1 aliphatic rings. The number of amides is 1. The fourth-order valence-corrected chi connectivity index (χ4v) is 2.14. The highest BCUT2D eigenvalue weighted by Crippen LogP contribution is 2.32. The van der Waals surface area contributed by atoms with Crippen LogP contribution in [-0.2, 0) is 11.2 Å². The minimum atomic E-state index is -0.203. The highest BCUT2D eigenvalue weighted by Gasteiger charge is 2.31. The lowest BCUT2D eigenvalue weighted by atomic mass is 9.95. The molecule has 18 heavy (non-hydrogen) atoms. The SMILES string of the molecule is CCc1ccc2c(c1)C(NCC(C)(C)C)C(=O)N2. The second kappa shape index (κ2) is 4.73. The average molecular weight is 246 g/mol. The predicted octanol–water partition coefficient (Wildman–Crippen LogP) is 2.88. The van der Waals surface area contributed by atoms with Gasteiger partial charge in [0.1, 0.15) is 6.04 Å². The first-order chi connectivity index (χ1) is 8.40. The Bertz CT molecular complexity index is 460. The normalized spacial score (nSPS) is 18.7. The van der Waals surface area contributed by atoms with Gasteiger partial charge in [-0.25, -0.2) is 0 Å². The van der Waals surface area contributed by atoms with E-state index in [0.717, 1.165) is 24.2 Å². The van der Waals surface area contributed by atoms with Crippen LogP contribution in [0, 0.1) is 5.41 Å². The van der Waals surface area contributed by atoms with Gasteiger partial charge in [-0.2, -0.15) is 0 Å². The summed E-state index contributed by atoms with van der Waals surface area (Å²) >= 11 is 0. The van der Waals surface area contributed by atoms with Gasteiger partial charge in [-0.15, -0.1) is 0 Å². The van der Waals surface area contributed by atoms with Crippen LogP contribution < -0.4 is 10.6 Å². The number of carbonyl (C=O) groups excluding carboxylic acids is 1. The highest BCUT2D eigenvalue weighted by atomic mass is 16.2. The summed E-state index contributed by atoms with van der Waals surface area (Å²) in [5.41, 5.74) is 3.48. The van der Waals surface area contributed by atoms with Crippen LogP contribution in [0.3, 0.4) is 0 Å². The Morgan fingerprint density at radius 2 is 2.06 bits per heavy atom. The Hall–Kier alpha value is -1.35. The topological polar surface area (TPSA) is 41.1 Å². The molecular weight excluding hydrogens is 224 g/mol. The molecule has 1 aliphatic heterocycles. The number of rotatable bonds is 3. The molecule has 1 amide bonds. The summed E-state index contributed by atoms with van der Waals surface area (Å²) in [4.78, 5) is 12.0. The molecule has 0 bridgehead atoms. The molecule has 0 saturated carbocycles. The van der Waals surface area contributed by atoms with Gasteiger partial charge in [0.2, 0.25) is 5.91 Å². The number of nitrogens with one attached hydrogen (secondary N) is 2. The van der Waals surface area contributed by atoms with Gasteiger partial charge in [0, 0.05) is 17.8 Å². The molecule has 3 nitrogen and oxygen atoms in total. The molecule has 0 saturated heterocycles. The summed E-state index contributed by atoms with van der Waals surface area (Å²) in [6.07, 6.45) is 0.994. The van der Waals surface area contributed by atoms with Crippen LogP contribution in [0.1, 0.15) is 44.9 Å². The van der Waals surface area contributed by atoms with Crippen LogP contribution in [0.25, 0.3) is 0 Å². The van der Waals surface area contributed by atoms with Crippen molar-refractivity contribution in [2.45, 2.75) is 40.2 Å². The second-order valence-corrected chi connectivity index (χ2v) is 6.14. The molecule has 1 unspecified atom stereocenters. The molecule has 3 heteroatoms. The summed E-state index contributed by atoms with van der Waals surface area (Å²) in [7, 11) is 0. The third kappa shape index (κ3) is 2.72. The van der Waals surface area contributed by atoms with Crippen molar-refractivity contribution in [3.8, 4) is 0 Å². The maximum Gasteiger partial charge on any atom is 0.246 e. The van der Waals surface area contributed by atoms with Gasteiger partial charge >= 0.3 is 0 Å². The maximum atomic E-state index is 12.0. The van der Waals surface area contributed by atoms with E-state index in [2.05, 4.69) is 50.5 Å². The standard InChI is InChI=1S/C15H22N2O/c1-5-10-6-7-12-11(8-10)13(14(18)17-12)16-9-15(2,3)4/h6-8,13,16H,5,9H2,1-4H3,(H,17,18). The lowest BCUT2D eigenvalue weighted by Gasteiger charge is -2.21. The van der Waals surface area contributed by atoms with E-state index >= 15 is 0 Å². The number of benzene rings is 1. The first-order valence-corrected chi connectivity index (χ1v) is 6.58. The minimum Gasteiger partial charge on any atom is -0.324 e.